The van der Waals surface area contributed by atoms with Crippen molar-refractivity contribution in [3.63, 3.8) is 0 Å². The van der Waals surface area contributed by atoms with Crippen LogP contribution in [0.4, 0.5) is 0 Å². The molecule has 2 heterocycles. The van der Waals surface area contributed by atoms with E-state index in [0.29, 0.717) is 18.7 Å². The van der Waals surface area contributed by atoms with Crippen LogP contribution in [0.3, 0.4) is 0 Å². The van der Waals surface area contributed by atoms with E-state index in [2.05, 4.69) is 4.98 Å². The Labute approximate surface area is 131 Å². The summed E-state index contributed by atoms with van der Waals surface area (Å²) < 4.78 is 11.9. The standard InChI is InChI=1S/C15H25BN2O4/c1-14(2)15(3,4)22-16(21-14)10-5-6-11(18-9-10)13(20)12(19)7-8-17/h5-6,9,12-13,19-20H,7-8,17H2,1-4H3. The third kappa shape index (κ3) is 3.34. The Morgan fingerprint density at radius 2 is 1.77 bits per heavy atom. The van der Waals surface area contributed by atoms with Gasteiger partial charge in [-0.25, -0.2) is 0 Å². The lowest BCUT2D eigenvalue weighted by Gasteiger charge is -2.32. The van der Waals surface area contributed by atoms with Gasteiger partial charge in [0.15, 0.2) is 0 Å². The molecule has 4 N–H and O–H groups in total. The van der Waals surface area contributed by atoms with E-state index in [1.165, 1.54) is 0 Å². The van der Waals surface area contributed by atoms with Gasteiger partial charge in [0.05, 0.1) is 23.0 Å². The van der Waals surface area contributed by atoms with Crippen LogP contribution >= 0.6 is 0 Å². The fourth-order valence-corrected chi connectivity index (χ4v) is 2.24. The Balaban J connectivity index is 2.10. The second-order valence-corrected chi connectivity index (χ2v) is 6.69. The van der Waals surface area contributed by atoms with Crippen molar-refractivity contribution in [3.05, 3.63) is 24.0 Å². The van der Waals surface area contributed by atoms with Crippen LogP contribution in [0.1, 0.15) is 45.9 Å². The first-order chi connectivity index (χ1) is 10.2. The van der Waals surface area contributed by atoms with Crippen molar-refractivity contribution in [2.75, 3.05) is 6.54 Å². The Kier molecular flexibility index (Phi) is 4.94. The van der Waals surface area contributed by atoms with E-state index < -0.39 is 30.5 Å². The largest absolute Gasteiger partial charge is 0.496 e. The number of nitrogens with two attached hydrogens (primary N) is 1. The highest BCUT2D eigenvalue weighted by atomic mass is 16.7. The van der Waals surface area contributed by atoms with Gasteiger partial charge in [0.25, 0.3) is 0 Å². The first kappa shape index (κ1) is 17.4. The fourth-order valence-electron chi connectivity index (χ4n) is 2.24. The predicted molar refractivity (Wildman–Crippen MR) is 84.6 cm³/mol. The molecule has 0 aromatic carbocycles. The van der Waals surface area contributed by atoms with E-state index in [1.54, 1.807) is 18.3 Å². The van der Waals surface area contributed by atoms with E-state index in [4.69, 9.17) is 15.0 Å². The molecule has 1 aliphatic rings. The zero-order valence-electron chi connectivity index (χ0n) is 13.6. The summed E-state index contributed by atoms with van der Waals surface area (Å²) in [5.41, 5.74) is 5.74. The third-order valence-corrected chi connectivity index (χ3v) is 4.46. The summed E-state index contributed by atoms with van der Waals surface area (Å²) in [7, 11) is -0.488. The molecule has 7 heteroatoms. The van der Waals surface area contributed by atoms with Gasteiger partial charge in [-0.2, -0.15) is 0 Å². The highest BCUT2D eigenvalue weighted by molar-refractivity contribution is 6.62. The summed E-state index contributed by atoms with van der Waals surface area (Å²) in [6.07, 6.45) is -0.0337. The van der Waals surface area contributed by atoms with Gasteiger partial charge in [-0.3, -0.25) is 4.98 Å². The second-order valence-electron chi connectivity index (χ2n) is 6.69. The minimum atomic E-state index is -1.05. The van der Waals surface area contributed by atoms with Gasteiger partial charge in [0.2, 0.25) is 0 Å². The minimum absolute atomic E-state index is 0.310. The highest BCUT2D eigenvalue weighted by Gasteiger charge is 2.51. The molecule has 0 amide bonds. The Bertz CT molecular complexity index is 491. The van der Waals surface area contributed by atoms with Gasteiger partial charge in [0, 0.05) is 11.7 Å². The first-order valence-corrected chi connectivity index (χ1v) is 7.55. The minimum Gasteiger partial charge on any atom is -0.399 e. The van der Waals surface area contributed by atoms with Crippen LogP contribution in [0.25, 0.3) is 0 Å². The van der Waals surface area contributed by atoms with E-state index in [1.807, 2.05) is 27.7 Å². The number of hydrogen-bond acceptors (Lipinski definition) is 6. The molecule has 1 fully saturated rings. The summed E-state index contributed by atoms with van der Waals surface area (Å²) in [5.74, 6) is 0. The van der Waals surface area contributed by atoms with Crippen molar-refractivity contribution < 1.29 is 19.5 Å². The number of pyridine rings is 1. The third-order valence-electron chi connectivity index (χ3n) is 4.46. The van der Waals surface area contributed by atoms with Crippen molar-refractivity contribution in [2.24, 2.45) is 5.73 Å². The molecule has 1 saturated heterocycles. The van der Waals surface area contributed by atoms with Gasteiger partial charge >= 0.3 is 7.12 Å². The van der Waals surface area contributed by atoms with Crippen molar-refractivity contribution in [1.29, 1.82) is 0 Å². The maximum absolute atomic E-state index is 10.0. The fraction of sp³-hybridized carbons (Fsp3) is 0.667. The Hall–Kier alpha value is -0.985. The molecule has 2 unspecified atom stereocenters. The maximum atomic E-state index is 10.0. The number of aliphatic hydroxyl groups is 2. The SMILES string of the molecule is CC1(C)OB(c2ccc(C(O)C(O)CCN)nc2)OC1(C)C. The molecule has 0 saturated carbocycles. The summed E-state index contributed by atoms with van der Waals surface area (Å²) in [6.45, 7) is 8.26. The summed E-state index contributed by atoms with van der Waals surface area (Å²) in [4.78, 5) is 4.21. The molecule has 1 aromatic heterocycles. The predicted octanol–water partition coefficient (Wildman–Crippen LogP) is 0.124. The van der Waals surface area contributed by atoms with Crippen LogP contribution < -0.4 is 11.2 Å². The normalized spacial score (nSPS) is 22.6. The number of rotatable bonds is 5. The van der Waals surface area contributed by atoms with E-state index >= 15 is 0 Å². The van der Waals surface area contributed by atoms with Crippen LogP contribution in [0.15, 0.2) is 18.3 Å². The van der Waals surface area contributed by atoms with E-state index in [9.17, 15) is 10.2 Å². The van der Waals surface area contributed by atoms with Gasteiger partial charge in [0.1, 0.15) is 6.10 Å². The second kappa shape index (κ2) is 6.25. The van der Waals surface area contributed by atoms with Crippen LogP contribution in [0, 0.1) is 0 Å². The summed E-state index contributed by atoms with van der Waals surface area (Å²) in [6, 6.07) is 3.47. The lowest BCUT2D eigenvalue weighted by atomic mass is 9.80. The van der Waals surface area contributed by atoms with Crippen LogP contribution in [-0.2, 0) is 9.31 Å². The molecular weight excluding hydrogens is 283 g/mol. The van der Waals surface area contributed by atoms with Crippen LogP contribution in [0.5, 0.6) is 0 Å². The summed E-state index contributed by atoms with van der Waals surface area (Å²) in [5, 5.41) is 19.8. The van der Waals surface area contributed by atoms with Gasteiger partial charge < -0.3 is 25.3 Å². The van der Waals surface area contributed by atoms with Crippen molar-refractivity contribution in [3.8, 4) is 0 Å². The lowest BCUT2D eigenvalue weighted by Crippen LogP contribution is -2.41. The van der Waals surface area contributed by atoms with Crippen molar-refractivity contribution in [2.45, 2.75) is 57.5 Å². The lowest BCUT2D eigenvalue weighted by molar-refractivity contribution is 0.00578. The quantitative estimate of drug-likeness (QED) is 0.669. The maximum Gasteiger partial charge on any atom is 0.496 e. The highest BCUT2D eigenvalue weighted by Crippen LogP contribution is 2.36. The molecule has 0 spiro atoms. The molecule has 2 rings (SSSR count). The topological polar surface area (TPSA) is 97.8 Å². The molecule has 1 aromatic rings. The summed E-state index contributed by atoms with van der Waals surface area (Å²) >= 11 is 0. The van der Waals surface area contributed by atoms with Gasteiger partial charge in [-0.1, -0.05) is 6.07 Å². The smallest absolute Gasteiger partial charge is 0.399 e. The van der Waals surface area contributed by atoms with Crippen LogP contribution in [-0.4, -0.2) is 46.2 Å². The number of aliphatic hydroxyl groups excluding tert-OH is 2. The van der Waals surface area contributed by atoms with Crippen molar-refractivity contribution in [1.82, 2.24) is 4.98 Å². The number of aromatic nitrogens is 1. The van der Waals surface area contributed by atoms with Gasteiger partial charge in [-0.15, -0.1) is 0 Å². The van der Waals surface area contributed by atoms with E-state index in [-0.39, 0.29) is 0 Å². The molecule has 6 nitrogen and oxygen atoms in total. The molecule has 122 valence electrons. The molecule has 0 aliphatic carbocycles. The zero-order chi connectivity index (χ0) is 16.5. The van der Waals surface area contributed by atoms with E-state index in [0.717, 1.165) is 5.46 Å². The Morgan fingerprint density at radius 3 is 2.23 bits per heavy atom. The van der Waals surface area contributed by atoms with Crippen molar-refractivity contribution >= 4 is 12.6 Å². The first-order valence-electron chi connectivity index (χ1n) is 7.55. The molecule has 2 atom stereocenters. The molecule has 0 bridgehead atoms. The number of hydrogen-bond donors (Lipinski definition) is 3. The zero-order valence-corrected chi connectivity index (χ0v) is 13.6. The molecule has 1 aliphatic heterocycles. The number of nitrogens with zero attached hydrogens (tertiary/aromatic N) is 1. The average molecular weight is 308 g/mol. The molecule has 22 heavy (non-hydrogen) atoms. The molecule has 0 radical (unpaired) electrons. The average Bonchev–Trinajstić information content (AvgIpc) is 2.67. The monoisotopic (exact) mass is 308 g/mol. The van der Waals surface area contributed by atoms with Crippen LogP contribution in [0.2, 0.25) is 0 Å². The van der Waals surface area contributed by atoms with Gasteiger partial charge in [-0.05, 0) is 46.7 Å². The molecular formula is C15H25BN2O4. The Morgan fingerprint density at radius 1 is 1.18 bits per heavy atom.